The summed E-state index contributed by atoms with van der Waals surface area (Å²) in [6, 6.07) is 6.94. The highest BCUT2D eigenvalue weighted by atomic mass is 35.5. The molecule has 0 amide bonds. The van der Waals surface area contributed by atoms with Crippen LogP contribution in [-0.4, -0.2) is 12.6 Å². The van der Waals surface area contributed by atoms with Gasteiger partial charge in [0.2, 0.25) is 0 Å². The van der Waals surface area contributed by atoms with Crippen molar-refractivity contribution >= 4 is 11.6 Å². The van der Waals surface area contributed by atoms with E-state index in [1.54, 1.807) is 0 Å². The minimum atomic E-state index is 0.398. The van der Waals surface area contributed by atoms with Crippen LogP contribution in [0.2, 0.25) is 5.02 Å². The van der Waals surface area contributed by atoms with E-state index in [-0.39, 0.29) is 0 Å². The van der Waals surface area contributed by atoms with Gasteiger partial charge in [-0.15, -0.1) is 0 Å². The predicted octanol–water partition coefficient (Wildman–Crippen LogP) is 1.87. The predicted molar refractivity (Wildman–Crippen MR) is 61.9 cm³/mol. The first-order valence-corrected chi connectivity index (χ1v) is 5.82. The van der Waals surface area contributed by atoms with Crippen LogP contribution in [0.5, 0.6) is 0 Å². The zero-order chi connectivity index (χ0) is 10.6. The van der Waals surface area contributed by atoms with E-state index in [1.807, 2.05) is 12.1 Å². The van der Waals surface area contributed by atoms with Gasteiger partial charge in [-0.05, 0) is 36.0 Å². The molecular formula is C12H15ClN2. The van der Waals surface area contributed by atoms with Crippen molar-refractivity contribution in [1.82, 2.24) is 5.32 Å². The molecule has 2 nitrogen and oxygen atoms in total. The maximum Gasteiger partial charge on any atom is 0.0438 e. The van der Waals surface area contributed by atoms with E-state index in [1.165, 1.54) is 11.1 Å². The van der Waals surface area contributed by atoms with Crippen molar-refractivity contribution in [2.75, 3.05) is 6.54 Å². The lowest BCUT2D eigenvalue weighted by molar-refractivity contribution is 0.534. The molecule has 1 aliphatic heterocycles. The van der Waals surface area contributed by atoms with Crippen molar-refractivity contribution in [3.05, 3.63) is 34.3 Å². The van der Waals surface area contributed by atoms with Crippen LogP contribution in [-0.2, 0) is 0 Å². The molecule has 4 atom stereocenters. The average Bonchev–Trinajstić information content (AvgIpc) is 2.70. The Hall–Kier alpha value is -0.570. The normalized spacial score (nSPS) is 37.8. The first-order valence-electron chi connectivity index (χ1n) is 5.44. The molecule has 0 aromatic heterocycles. The Morgan fingerprint density at radius 3 is 2.93 bits per heavy atom. The lowest BCUT2D eigenvalue weighted by Gasteiger charge is -2.18. The van der Waals surface area contributed by atoms with Gasteiger partial charge in [-0.2, -0.15) is 0 Å². The number of hydrogen-bond acceptors (Lipinski definition) is 2. The second-order valence-electron chi connectivity index (χ2n) is 4.66. The van der Waals surface area contributed by atoms with Crippen molar-refractivity contribution in [3.63, 3.8) is 0 Å². The number of nitrogens with two attached hydrogens (primary N) is 1. The third-order valence-corrected chi connectivity index (χ3v) is 4.30. The summed E-state index contributed by atoms with van der Waals surface area (Å²) in [4.78, 5) is 0. The lowest BCUT2D eigenvalue weighted by atomic mass is 9.98. The molecule has 3 N–H and O–H groups in total. The Labute approximate surface area is 94.8 Å². The number of benzene rings is 1. The first kappa shape index (κ1) is 9.64. The first-order chi connectivity index (χ1) is 7.20. The molecule has 3 rings (SSSR count). The SMILES string of the molecule is Cc1c(Cl)cccc1C1NCC2C(N)C12. The van der Waals surface area contributed by atoms with Gasteiger partial charge in [-0.1, -0.05) is 23.7 Å². The molecule has 1 aromatic carbocycles. The fourth-order valence-corrected chi connectivity index (χ4v) is 3.03. The highest BCUT2D eigenvalue weighted by molar-refractivity contribution is 6.31. The highest BCUT2D eigenvalue weighted by Crippen LogP contribution is 2.51. The molecular weight excluding hydrogens is 208 g/mol. The maximum absolute atomic E-state index is 6.13. The molecule has 0 radical (unpaired) electrons. The van der Waals surface area contributed by atoms with Crippen molar-refractivity contribution in [3.8, 4) is 0 Å². The third kappa shape index (κ3) is 1.32. The number of piperidine rings is 1. The fraction of sp³-hybridized carbons (Fsp3) is 0.500. The summed E-state index contributed by atoms with van der Waals surface area (Å²) in [5.41, 5.74) is 8.53. The Morgan fingerprint density at radius 1 is 1.47 bits per heavy atom. The van der Waals surface area contributed by atoms with Crippen molar-refractivity contribution in [2.24, 2.45) is 17.6 Å². The summed E-state index contributed by atoms with van der Waals surface area (Å²) in [7, 11) is 0. The van der Waals surface area contributed by atoms with Crippen LogP contribution in [0, 0.1) is 18.8 Å². The Balaban J connectivity index is 1.96. The Bertz CT molecular complexity index is 405. The number of rotatable bonds is 1. The minimum absolute atomic E-state index is 0.398. The maximum atomic E-state index is 6.13. The number of halogens is 1. The van der Waals surface area contributed by atoms with Crippen molar-refractivity contribution in [1.29, 1.82) is 0 Å². The Kier molecular flexibility index (Phi) is 2.06. The van der Waals surface area contributed by atoms with E-state index in [9.17, 15) is 0 Å². The quantitative estimate of drug-likeness (QED) is 0.762. The molecule has 1 aliphatic carbocycles. The third-order valence-electron chi connectivity index (χ3n) is 3.90. The molecule has 1 saturated carbocycles. The second kappa shape index (κ2) is 3.21. The largest absolute Gasteiger partial charge is 0.327 e. The van der Waals surface area contributed by atoms with Crippen LogP contribution in [0.3, 0.4) is 0 Å². The van der Waals surface area contributed by atoms with Crippen LogP contribution in [0.4, 0.5) is 0 Å². The number of nitrogens with one attached hydrogen (secondary N) is 1. The molecule has 3 heteroatoms. The van der Waals surface area contributed by atoms with E-state index < -0.39 is 0 Å². The van der Waals surface area contributed by atoms with E-state index >= 15 is 0 Å². The molecule has 0 spiro atoms. The van der Waals surface area contributed by atoms with Gasteiger partial charge >= 0.3 is 0 Å². The summed E-state index contributed by atoms with van der Waals surface area (Å²) in [5.74, 6) is 1.32. The van der Waals surface area contributed by atoms with Crippen LogP contribution < -0.4 is 11.1 Å². The molecule has 0 bridgehead atoms. The molecule has 1 heterocycles. The molecule has 1 saturated heterocycles. The summed E-state index contributed by atoms with van der Waals surface area (Å²) in [5, 5.41) is 4.39. The highest BCUT2D eigenvalue weighted by Gasteiger charge is 2.56. The minimum Gasteiger partial charge on any atom is -0.327 e. The topological polar surface area (TPSA) is 38.0 Å². The van der Waals surface area contributed by atoms with E-state index in [4.69, 9.17) is 17.3 Å². The number of hydrogen-bond donors (Lipinski definition) is 2. The van der Waals surface area contributed by atoms with E-state index in [2.05, 4.69) is 18.3 Å². The van der Waals surface area contributed by atoms with Gasteiger partial charge in [-0.3, -0.25) is 0 Å². The van der Waals surface area contributed by atoms with Gasteiger partial charge in [0.15, 0.2) is 0 Å². The van der Waals surface area contributed by atoms with Crippen LogP contribution in [0.1, 0.15) is 17.2 Å². The fourth-order valence-electron chi connectivity index (χ4n) is 2.85. The molecule has 15 heavy (non-hydrogen) atoms. The smallest absolute Gasteiger partial charge is 0.0438 e. The molecule has 2 fully saturated rings. The van der Waals surface area contributed by atoms with E-state index in [0.29, 0.717) is 23.9 Å². The molecule has 80 valence electrons. The molecule has 2 aliphatic rings. The zero-order valence-corrected chi connectivity index (χ0v) is 9.46. The van der Waals surface area contributed by atoms with Crippen molar-refractivity contribution < 1.29 is 0 Å². The molecule has 4 unspecified atom stereocenters. The standard InChI is InChI=1S/C12H15ClN2/c1-6-7(3-2-4-9(6)13)12-10-8(5-15-12)11(10)14/h2-4,8,10-12,15H,5,14H2,1H3. The van der Waals surface area contributed by atoms with E-state index in [0.717, 1.165) is 11.6 Å². The van der Waals surface area contributed by atoms with Gasteiger partial charge in [0.25, 0.3) is 0 Å². The zero-order valence-electron chi connectivity index (χ0n) is 8.70. The van der Waals surface area contributed by atoms with Crippen LogP contribution in [0.25, 0.3) is 0 Å². The van der Waals surface area contributed by atoms with Crippen molar-refractivity contribution in [2.45, 2.75) is 19.0 Å². The summed E-state index contributed by atoms with van der Waals surface area (Å²) >= 11 is 6.13. The van der Waals surface area contributed by atoms with Crippen LogP contribution in [0.15, 0.2) is 18.2 Å². The monoisotopic (exact) mass is 222 g/mol. The Morgan fingerprint density at radius 2 is 2.27 bits per heavy atom. The van der Waals surface area contributed by atoms with Gasteiger partial charge in [0.1, 0.15) is 0 Å². The second-order valence-corrected chi connectivity index (χ2v) is 5.07. The molecule has 1 aromatic rings. The van der Waals surface area contributed by atoms with Crippen LogP contribution >= 0.6 is 11.6 Å². The summed E-state index contributed by atoms with van der Waals surface area (Å²) in [6.45, 7) is 3.14. The van der Waals surface area contributed by atoms with Gasteiger partial charge in [0.05, 0.1) is 0 Å². The van der Waals surface area contributed by atoms with Gasteiger partial charge in [-0.25, -0.2) is 0 Å². The summed E-state index contributed by atoms with van der Waals surface area (Å²) < 4.78 is 0. The summed E-state index contributed by atoms with van der Waals surface area (Å²) in [6.07, 6.45) is 0. The lowest BCUT2D eigenvalue weighted by Crippen LogP contribution is -2.26. The average molecular weight is 223 g/mol. The number of fused-ring (bicyclic) bond motifs is 1. The van der Waals surface area contributed by atoms with Gasteiger partial charge < -0.3 is 11.1 Å². The van der Waals surface area contributed by atoms with Gasteiger partial charge in [0, 0.05) is 23.7 Å².